The van der Waals surface area contributed by atoms with Gasteiger partial charge in [0.15, 0.2) is 0 Å². The van der Waals surface area contributed by atoms with Gasteiger partial charge in [0.1, 0.15) is 11.9 Å². The van der Waals surface area contributed by atoms with Crippen molar-refractivity contribution in [2.45, 2.75) is 13.5 Å². The largest absolute Gasteiger partial charge is 0.366 e. The van der Waals surface area contributed by atoms with E-state index in [1.54, 1.807) is 24.3 Å². The first-order valence-electron chi connectivity index (χ1n) is 6.99. The highest BCUT2D eigenvalue weighted by molar-refractivity contribution is 6.31. The minimum atomic E-state index is -0.155. The van der Waals surface area contributed by atoms with E-state index >= 15 is 0 Å². The maximum absolute atomic E-state index is 12.1. The summed E-state index contributed by atoms with van der Waals surface area (Å²) in [6.45, 7) is 2.17. The Kier molecular flexibility index (Phi) is 4.00. The van der Waals surface area contributed by atoms with Crippen LogP contribution in [0.15, 0.2) is 41.3 Å². The lowest BCUT2D eigenvalue weighted by Gasteiger charge is -2.08. The Bertz CT molecular complexity index is 988. The molecule has 0 unspecified atom stereocenters. The number of nitrogens with one attached hydrogen (secondary N) is 2. The molecule has 23 heavy (non-hydrogen) atoms. The number of aromatic nitrogens is 2. The number of aryl methyl sites for hydroxylation is 1. The zero-order chi connectivity index (χ0) is 16.4. The molecular weight excluding hydrogens is 312 g/mol. The molecule has 0 saturated carbocycles. The summed E-state index contributed by atoms with van der Waals surface area (Å²) in [5.41, 5.74) is 2.55. The predicted octanol–water partition coefficient (Wildman–Crippen LogP) is 3.37. The molecule has 0 radical (unpaired) electrons. The van der Waals surface area contributed by atoms with Crippen molar-refractivity contribution in [3.63, 3.8) is 0 Å². The monoisotopic (exact) mass is 324 g/mol. The molecule has 3 aromatic rings. The summed E-state index contributed by atoms with van der Waals surface area (Å²) in [5, 5.41) is 13.5. The first-order valence-corrected chi connectivity index (χ1v) is 7.36. The minimum absolute atomic E-state index is 0.155. The van der Waals surface area contributed by atoms with Gasteiger partial charge < -0.3 is 10.3 Å². The summed E-state index contributed by atoms with van der Waals surface area (Å²) in [6.07, 6.45) is 1.52. The van der Waals surface area contributed by atoms with Gasteiger partial charge in [-0.25, -0.2) is 4.98 Å². The van der Waals surface area contributed by atoms with E-state index in [9.17, 15) is 4.79 Å². The van der Waals surface area contributed by atoms with Crippen LogP contribution in [0.2, 0.25) is 5.02 Å². The van der Waals surface area contributed by atoms with E-state index in [-0.39, 0.29) is 5.56 Å². The van der Waals surface area contributed by atoms with Gasteiger partial charge in [0.25, 0.3) is 5.56 Å². The lowest BCUT2D eigenvalue weighted by atomic mass is 10.1. The van der Waals surface area contributed by atoms with Gasteiger partial charge in [-0.1, -0.05) is 11.6 Å². The maximum atomic E-state index is 12.1. The summed E-state index contributed by atoms with van der Waals surface area (Å²) in [6, 6.07) is 11.0. The molecule has 6 heteroatoms. The molecular formula is C17H13ClN4O. The number of benzene rings is 1. The van der Waals surface area contributed by atoms with Crippen molar-refractivity contribution >= 4 is 28.3 Å². The van der Waals surface area contributed by atoms with Crippen LogP contribution < -0.4 is 10.9 Å². The van der Waals surface area contributed by atoms with Gasteiger partial charge in [0.2, 0.25) is 0 Å². The van der Waals surface area contributed by atoms with E-state index in [1.165, 1.54) is 6.20 Å². The number of fused-ring (bicyclic) bond motifs is 1. The molecule has 3 rings (SSSR count). The number of nitriles is 1. The number of rotatable bonds is 3. The summed E-state index contributed by atoms with van der Waals surface area (Å²) < 4.78 is 0. The zero-order valence-corrected chi connectivity index (χ0v) is 13.1. The Labute approximate surface area is 137 Å². The standard InChI is InChI=1S/C17H13ClN4O/c1-10-4-16(21-9-13(10)7-19)20-8-12-5-11-6-14(18)2-3-15(11)22-17(12)23/h2-6,9H,8H2,1H3,(H,20,21)(H,22,23). The molecule has 5 nitrogen and oxygen atoms in total. The molecule has 0 bridgehead atoms. The van der Waals surface area contributed by atoms with Crippen molar-refractivity contribution in [1.29, 1.82) is 5.26 Å². The Morgan fingerprint density at radius 2 is 2.17 bits per heavy atom. The average molecular weight is 325 g/mol. The van der Waals surface area contributed by atoms with Gasteiger partial charge in [-0.3, -0.25) is 4.79 Å². The fourth-order valence-corrected chi connectivity index (χ4v) is 2.49. The molecule has 2 N–H and O–H groups in total. The summed E-state index contributed by atoms with van der Waals surface area (Å²) in [5.74, 6) is 0.618. The molecule has 2 heterocycles. The molecule has 2 aromatic heterocycles. The lowest BCUT2D eigenvalue weighted by molar-refractivity contribution is 1.06. The number of nitrogens with zero attached hydrogens (tertiary/aromatic N) is 2. The van der Waals surface area contributed by atoms with Crippen LogP contribution in [0.1, 0.15) is 16.7 Å². The third-order valence-corrected chi connectivity index (χ3v) is 3.81. The second kappa shape index (κ2) is 6.11. The SMILES string of the molecule is Cc1cc(NCc2cc3cc(Cl)ccc3[nH]c2=O)ncc1C#N. The Morgan fingerprint density at radius 1 is 1.35 bits per heavy atom. The minimum Gasteiger partial charge on any atom is -0.366 e. The molecule has 1 aromatic carbocycles. The van der Waals surface area contributed by atoms with Crippen molar-refractivity contribution in [3.8, 4) is 6.07 Å². The van der Waals surface area contributed by atoms with Crippen LogP contribution in [-0.2, 0) is 6.54 Å². The number of H-pyrrole nitrogens is 1. The van der Waals surface area contributed by atoms with Crippen molar-refractivity contribution in [2.75, 3.05) is 5.32 Å². The van der Waals surface area contributed by atoms with Crippen molar-refractivity contribution in [3.05, 3.63) is 68.6 Å². The van der Waals surface area contributed by atoms with Gasteiger partial charge in [-0.15, -0.1) is 0 Å². The molecule has 0 amide bonds. The molecule has 114 valence electrons. The third kappa shape index (κ3) is 3.17. The van der Waals surface area contributed by atoms with Crippen molar-refractivity contribution < 1.29 is 0 Å². The quantitative estimate of drug-likeness (QED) is 0.774. The first kappa shape index (κ1) is 15.1. The van der Waals surface area contributed by atoms with Gasteiger partial charge in [-0.2, -0.15) is 5.26 Å². The molecule has 0 aliphatic heterocycles. The van der Waals surface area contributed by atoms with E-state index in [4.69, 9.17) is 16.9 Å². The van der Waals surface area contributed by atoms with E-state index in [2.05, 4.69) is 21.4 Å². The highest BCUT2D eigenvalue weighted by Crippen LogP contribution is 2.18. The van der Waals surface area contributed by atoms with Crippen LogP contribution in [0.3, 0.4) is 0 Å². The summed E-state index contributed by atoms with van der Waals surface area (Å²) in [4.78, 5) is 19.1. The number of aromatic amines is 1. The summed E-state index contributed by atoms with van der Waals surface area (Å²) >= 11 is 5.99. The molecule has 0 fully saturated rings. The first-order chi connectivity index (χ1) is 11.1. The fourth-order valence-electron chi connectivity index (χ4n) is 2.31. The van der Waals surface area contributed by atoms with Gasteiger partial charge in [0, 0.05) is 34.2 Å². The van der Waals surface area contributed by atoms with Gasteiger partial charge >= 0.3 is 0 Å². The zero-order valence-electron chi connectivity index (χ0n) is 12.4. The third-order valence-electron chi connectivity index (χ3n) is 3.57. The highest BCUT2D eigenvalue weighted by Gasteiger charge is 2.05. The normalized spacial score (nSPS) is 10.5. The van der Waals surface area contributed by atoms with E-state index in [0.29, 0.717) is 28.5 Å². The maximum Gasteiger partial charge on any atom is 0.253 e. The predicted molar refractivity (Wildman–Crippen MR) is 90.6 cm³/mol. The van der Waals surface area contributed by atoms with Crippen LogP contribution in [0.4, 0.5) is 5.82 Å². The topological polar surface area (TPSA) is 81.6 Å². The van der Waals surface area contributed by atoms with Crippen LogP contribution in [-0.4, -0.2) is 9.97 Å². The number of halogens is 1. The van der Waals surface area contributed by atoms with Gasteiger partial charge in [-0.05, 0) is 42.8 Å². The van der Waals surface area contributed by atoms with Crippen LogP contribution in [0, 0.1) is 18.3 Å². The molecule has 0 aliphatic carbocycles. The van der Waals surface area contributed by atoms with Crippen LogP contribution in [0.5, 0.6) is 0 Å². The number of anilines is 1. The molecule has 0 atom stereocenters. The molecule has 0 spiro atoms. The number of hydrogen-bond donors (Lipinski definition) is 2. The second-order valence-corrected chi connectivity index (χ2v) is 5.64. The Hall–Kier alpha value is -2.84. The Morgan fingerprint density at radius 3 is 2.91 bits per heavy atom. The number of hydrogen-bond acceptors (Lipinski definition) is 4. The fraction of sp³-hybridized carbons (Fsp3) is 0.118. The molecule has 0 aliphatic rings. The van der Waals surface area contributed by atoms with E-state index in [0.717, 1.165) is 16.5 Å². The van der Waals surface area contributed by atoms with E-state index in [1.807, 2.05) is 13.0 Å². The van der Waals surface area contributed by atoms with Crippen molar-refractivity contribution in [1.82, 2.24) is 9.97 Å². The van der Waals surface area contributed by atoms with E-state index < -0.39 is 0 Å². The average Bonchev–Trinajstić information content (AvgIpc) is 2.53. The van der Waals surface area contributed by atoms with Gasteiger partial charge in [0.05, 0.1) is 5.56 Å². The smallest absolute Gasteiger partial charge is 0.253 e. The lowest BCUT2D eigenvalue weighted by Crippen LogP contribution is -2.16. The number of pyridine rings is 2. The second-order valence-electron chi connectivity index (χ2n) is 5.21. The summed E-state index contributed by atoms with van der Waals surface area (Å²) in [7, 11) is 0. The highest BCUT2D eigenvalue weighted by atomic mass is 35.5. The Balaban J connectivity index is 1.87. The van der Waals surface area contributed by atoms with Crippen molar-refractivity contribution in [2.24, 2.45) is 0 Å². The molecule has 0 saturated heterocycles. The van der Waals surface area contributed by atoms with Crippen LogP contribution in [0.25, 0.3) is 10.9 Å². The van der Waals surface area contributed by atoms with Crippen LogP contribution >= 0.6 is 11.6 Å².